The summed E-state index contributed by atoms with van der Waals surface area (Å²) >= 11 is 1.62. The van der Waals surface area contributed by atoms with Crippen molar-refractivity contribution in [2.45, 2.75) is 19.9 Å². The van der Waals surface area contributed by atoms with Gasteiger partial charge in [-0.15, -0.1) is 0 Å². The molecule has 4 nitrogen and oxygen atoms in total. The molecule has 0 saturated carbocycles. The molecule has 0 aliphatic rings. The number of hydrogen-bond donors (Lipinski definition) is 1. The van der Waals surface area contributed by atoms with Crippen LogP contribution >= 0.6 is 11.3 Å². The number of hydrogen-bond acceptors (Lipinski definition) is 5. The zero-order valence-electron chi connectivity index (χ0n) is 10.3. The van der Waals surface area contributed by atoms with Crippen molar-refractivity contribution in [2.75, 3.05) is 33.8 Å². The van der Waals surface area contributed by atoms with Crippen LogP contribution in [0, 0.1) is 0 Å². The van der Waals surface area contributed by atoms with Gasteiger partial charge in [-0.1, -0.05) is 11.3 Å². The van der Waals surface area contributed by atoms with Crippen LogP contribution in [0.5, 0.6) is 5.19 Å². The highest BCUT2D eigenvalue weighted by Crippen LogP contribution is 2.19. The minimum Gasteiger partial charge on any atom is -0.470 e. The number of nitrogens with zero attached hydrogens (tertiary/aromatic N) is 2. The van der Waals surface area contributed by atoms with Crippen molar-refractivity contribution < 1.29 is 4.74 Å². The van der Waals surface area contributed by atoms with E-state index in [0.717, 1.165) is 24.8 Å². The van der Waals surface area contributed by atoms with E-state index >= 15 is 0 Å². The summed E-state index contributed by atoms with van der Waals surface area (Å²) in [5.41, 5.74) is 0. The lowest BCUT2D eigenvalue weighted by atomic mass is 10.4. The highest BCUT2D eigenvalue weighted by Gasteiger charge is 2.01. The molecule has 0 fully saturated rings. The predicted molar refractivity (Wildman–Crippen MR) is 68.2 cm³/mol. The standard InChI is InChI=1S/C11H21N3OS/c1-4-15-11-13-9-10(16-11)8-12-6-5-7-14(2)3/h9,12H,4-8H2,1-3H3. The molecule has 5 heteroatoms. The van der Waals surface area contributed by atoms with E-state index < -0.39 is 0 Å². The van der Waals surface area contributed by atoms with Crippen LogP contribution in [0.4, 0.5) is 0 Å². The van der Waals surface area contributed by atoms with E-state index in [-0.39, 0.29) is 0 Å². The number of nitrogens with one attached hydrogen (secondary N) is 1. The van der Waals surface area contributed by atoms with E-state index in [2.05, 4.69) is 29.3 Å². The lowest BCUT2D eigenvalue weighted by Crippen LogP contribution is -2.20. The summed E-state index contributed by atoms with van der Waals surface area (Å²) in [6.45, 7) is 5.71. The lowest BCUT2D eigenvalue weighted by molar-refractivity contribution is 0.338. The molecular weight excluding hydrogens is 222 g/mol. The summed E-state index contributed by atoms with van der Waals surface area (Å²) in [5, 5.41) is 4.17. The van der Waals surface area contributed by atoms with Crippen molar-refractivity contribution in [1.82, 2.24) is 15.2 Å². The molecule has 1 rings (SSSR count). The second-order valence-electron chi connectivity index (χ2n) is 3.86. The largest absolute Gasteiger partial charge is 0.470 e. The third-order valence-electron chi connectivity index (χ3n) is 2.06. The molecule has 1 aromatic heterocycles. The van der Waals surface area contributed by atoms with Crippen LogP contribution in [-0.2, 0) is 6.54 Å². The van der Waals surface area contributed by atoms with Crippen LogP contribution in [0.15, 0.2) is 6.20 Å². The van der Waals surface area contributed by atoms with Crippen molar-refractivity contribution in [3.8, 4) is 5.19 Å². The van der Waals surface area contributed by atoms with Crippen molar-refractivity contribution in [2.24, 2.45) is 0 Å². The van der Waals surface area contributed by atoms with Crippen LogP contribution in [0.3, 0.4) is 0 Å². The van der Waals surface area contributed by atoms with Gasteiger partial charge in [0.15, 0.2) is 0 Å². The predicted octanol–water partition coefficient (Wildman–Crippen LogP) is 1.58. The Hall–Kier alpha value is -0.650. The molecule has 0 atom stereocenters. The SMILES string of the molecule is CCOc1ncc(CNCCCN(C)C)s1. The quantitative estimate of drug-likeness (QED) is 0.704. The topological polar surface area (TPSA) is 37.4 Å². The molecule has 0 amide bonds. The van der Waals surface area contributed by atoms with Gasteiger partial charge in [-0.25, -0.2) is 4.98 Å². The molecule has 0 aliphatic heterocycles. The molecule has 0 saturated heterocycles. The van der Waals surface area contributed by atoms with Crippen molar-refractivity contribution in [3.63, 3.8) is 0 Å². The summed E-state index contributed by atoms with van der Waals surface area (Å²) < 4.78 is 5.32. The first kappa shape index (κ1) is 13.4. The maximum Gasteiger partial charge on any atom is 0.273 e. The molecule has 1 heterocycles. The summed E-state index contributed by atoms with van der Waals surface area (Å²) in [6, 6.07) is 0. The molecule has 0 spiro atoms. The first-order valence-corrected chi connectivity index (χ1v) is 6.47. The Morgan fingerprint density at radius 3 is 3.00 bits per heavy atom. The Bertz CT molecular complexity index is 289. The second-order valence-corrected chi connectivity index (χ2v) is 4.94. The summed E-state index contributed by atoms with van der Waals surface area (Å²) in [6.07, 6.45) is 3.05. The highest BCUT2D eigenvalue weighted by atomic mass is 32.1. The maximum absolute atomic E-state index is 5.32. The molecule has 0 unspecified atom stereocenters. The third kappa shape index (κ3) is 5.44. The first-order chi connectivity index (χ1) is 7.72. The molecule has 1 aromatic rings. The number of aromatic nitrogens is 1. The van der Waals surface area contributed by atoms with Crippen molar-refractivity contribution in [3.05, 3.63) is 11.1 Å². The van der Waals surface area contributed by atoms with Gasteiger partial charge in [-0.05, 0) is 40.5 Å². The van der Waals surface area contributed by atoms with E-state index in [1.54, 1.807) is 11.3 Å². The van der Waals surface area contributed by atoms with Gasteiger partial charge in [-0.3, -0.25) is 0 Å². The average molecular weight is 243 g/mol. The fourth-order valence-corrected chi connectivity index (χ4v) is 2.08. The van der Waals surface area contributed by atoms with E-state index in [9.17, 15) is 0 Å². The monoisotopic (exact) mass is 243 g/mol. The zero-order chi connectivity index (χ0) is 11.8. The highest BCUT2D eigenvalue weighted by molar-refractivity contribution is 7.13. The lowest BCUT2D eigenvalue weighted by Gasteiger charge is -2.08. The summed E-state index contributed by atoms with van der Waals surface area (Å²) in [5.74, 6) is 0. The van der Waals surface area contributed by atoms with Gasteiger partial charge < -0.3 is 15.0 Å². The van der Waals surface area contributed by atoms with Gasteiger partial charge >= 0.3 is 0 Å². The molecule has 16 heavy (non-hydrogen) atoms. The Morgan fingerprint density at radius 1 is 1.50 bits per heavy atom. The number of ether oxygens (including phenoxy) is 1. The maximum atomic E-state index is 5.32. The van der Waals surface area contributed by atoms with Crippen molar-refractivity contribution in [1.29, 1.82) is 0 Å². The average Bonchev–Trinajstić information content (AvgIpc) is 2.65. The van der Waals surface area contributed by atoms with Gasteiger partial charge in [0.25, 0.3) is 5.19 Å². The van der Waals surface area contributed by atoms with E-state index in [0.29, 0.717) is 6.61 Å². The number of thiazole rings is 1. The molecule has 0 aliphatic carbocycles. The van der Waals surface area contributed by atoms with Gasteiger partial charge in [-0.2, -0.15) is 0 Å². The van der Waals surface area contributed by atoms with Crippen LogP contribution in [0.25, 0.3) is 0 Å². The van der Waals surface area contributed by atoms with Crippen LogP contribution < -0.4 is 10.1 Å². The van der Waals surface area contributed by atoms with Gasteiger partial charge in [0.2, 0.25) is 0 Å². The molecule has 0 bridgehead atoms. The fraction of sp³-hybridized carbons (Fsp3) is 0.727. The minimum atomic E-state index is 0.684. The van der Waals surface area contributed by atoms with Gasteiger partial charge in [0.05, 0.1) is 6.61 Å². The minimum absolute atomic E-state index is 0.684. The molecule has 0 radical (unpaired) electrons. The van der Waals surface area contributed by atoms with E-state index in [1.807, 2.05) is 13.1 Å². The molecular formula is C11H21N3OS. The zero-order valence-corrected chi connectivity index (χ0v) is 11.1. The second kappa shape index (κ2) is 7.60. The van der Waals surface area contributed by atoms with Crippen LogP contribution in [-0.4, -0.2) is 43.7 Å². The molecule has 1 N–H and O–H groups in total. The van der Waals surface area contributed by atoms with Crippen LogP contribution in [0.1, 0.15) is 18.2 Å². The summed E-state index contributed by atoms with van der Waals surface area (Å²) in [7, 11) is 4.19. The Balaban J connectivity index is 2.12. The summed E-state index contributed by atoms with van der Waals surface area (Å²) in [4.78, 5) is 7.61. The fourth-order valence-electron chi connectivity index (χ4n) is 1.29. The smallest absolute Gasteiger partial charge is 0.273 e. The van der Waals surface area contributed by atoms with E-state index in [4.69, 9.17) is 4.74 Å². The van der Waals surface area contributed by atoms with Crippen molar-refractivity contribution >= 4 is 11.3 Å². The number of rotatable bonds is 8. The third-order valence-corrected chi connectivity index (χ3v) is 2.97. The van der Waals surface area contributed by atoms with Crippen LogP contribution in [0.2, 0.25) is 0 Å². The van der Waals surface area contributed by atoms with Gasteiger partial charge in [0.1, 0.15) is 0 Å². The normalized spacial score (nSPS) is 11.0. The van der Waals surface area contributed by atoms with Gasteiger partial charge in [0, 0.05) is 17.6 Å². The Kier molecular flexibility index (Phi) is 6.37. The molecule has 0 aromatic carbocycles. The Morgan fingerprint density at radius 2 is 2.31 bits per heavy atom. The Labute approximate surface area is 102 Å². The van der Waals surface area contributed by atoms with E-state index in [1.165, 1.54) is 11.3 Å². The molecule has 92 valence electrons. The first-order valence-electron chi connectivity index (χ1n) is 5.65.